The molecule has 1 aromatic heterocycles. The van der Waals surface area contributed by atoms with E-state index in [1.54, 1.807) is 32.9 Å². The monoisotopic (exact) mass is 407 g/mol. The van der Waals surface area contributed by atoms with E-state index in [9.17, 15) is 18.8 Å². The summed E-state index contributed by atoms with van der Waals surface area (Å²) in [6.45, 7) is 4.96. The number of amides is 2. The van der Waals surface area contributed by atoms with E-state index in [4.69, 9.17) is 4.74 Å². The molecule has 0 bridgehead atoms. The molecule has 0 atom stereocenters. The topological polar surface area (TPSA) is 96.5 Å². The Kier molecular flexibility index (Phi) is 7.11. The van der Waals surface area contributed by atoms with Crippen LogP contribution in [0.2, 0.25) is 0 Å². The molecule has 0 aliphatic carbocycles. The fourth-order valence-corrected chi connectivity index (χ4v) is 3.59. The van der Waals surface area contributed by atoms with Crippen molar-refractivity contribution in [2.75, 3.05) is 30.8 Å². The molecule has 1 aromatic carbocycles. The number of nitrogens with one attached hydrogen (secondary N) is 3. The normalized spacial score (nSPS) is 10.3. The maximum Gasteiger partial charge on any atom is 0.341 e. The lowest BCUT2D eigenvalue weighted by molar-refractivity contribution is -0.114. The molecule has 3 N–H and O–H groups in total. The van der Waals surface area contributed by atoms with E-state index >= 15 is 0 Å². The van der Waals surface area contributed by atoms with Gasteiger partial charge in [-0.05, 0) is 44.0 Å². The van der Waals surface area contributed by atoms with Crippen LogP contribution in [0.3, 0.4) is 0 Å². The summed E-state index contributed by atoms with van der Waals surface area (Å²) in [6.07, 6.45) is 0. The zero-order chi connectivity index (χ0) is 20.8. The first kappa shape index (κ1) is 21.4. The van der Waals surface area contributed by atoms with Crippen LogP contribution in [0.4, 0.5) is 15.1 Å². The predicted octanol–water partition coefficient (Wildman–Crippen LogP) is 3.09. The van der Waals surface area contributed by atoms with E-state index in [1.165, 1.54) is 13.1 Å². The van der Waals surface area contributed by atoms with Gasteiger partial charge in [-0.2, -0.15) is 0 Å². The van der Waals surface area contributed by atoms with Gasteiger partial charge in [-0.15, -0.1) is 11.3 Å². The summed E-state index contributed by atoms with van der Waals surface area (Å²) in [5, 5.41) is 8.18. The lowest BCUT2D eigenvalue weighted by Crippen LogP contribution is -2.22. The number of halogens is 1. The molecule has 0 radical (unpaired) electrons. The first-order valence-corrected chi connectivity index (χ1v) is 9.42. The van der Waals surface area contributed by atoms with Gasteiger partial charge in [0.1, 0.15) is 10.8 Å². The average Bonchev–Trinajstić information content (AvgIpc) is 2.98. The summed E-state index contributed by atoms with van der Waals surface area (Å²) in [7, 11) is 1.48. The summed E-state index contributed by atoms with van der Waals surface area (Å²) >= 11 is 0.995. The predicted molar refractivity (Wildman–Crippen MR) is 107 cm³/mol. The number of aryl methyl sites for hydroxylation is 1. The third kappa shape index (κ3) is 4.86. The van der Waals surface area contributed by atoms with E-state index in [-0.39, 0.29) is 35.4 Å². The molecule has 0 fully saturated rings. The van der Waals surface area contributed by atoms with E-state index in [1.807, 2.05) is 0 Å². The molecule has 150 valence electrons. The van der Waals surface area contributed by atoms with E-state index in [2.05, 4.69) is 16.0 Å². The minimum Gasteiger partial charge on any atom is -0.462 e. The van der Waals surface area contributed by atoms with Gasteiger partial charge >= 0.3 is 5.97 Å². The molecular weight excluding hydrogens is 385 g/mol. The summed E-state index contributed by atoms with van der Waals surface area (Å²) in [5.41, 5.74) is 1.55. The van der Waals surface area contributed by atoms with E-state index in [0.717, 1.165) is 11.3 Å². The van der Waals surface area contributed by atoms with Crippen LogP contribution in [0, 0.1) is 19.7 Å². The molecule has 0 saturated carbocycles. The zero-order valence-corrected chi connectivity index (χ0v) is 16.9. The van der Waals surface area contributed by atoms with Crippen molar-refractivity contribution in [2.24, 2.45) is 0 Å². The van der Waals surface area contributed by atoms with Crippen molar-refractivity contribution in [3.05, 3.63) is 45.6 Å². The number of hydrogen-bond donors (Lipinski definition) is 3. The number of rotatable bonds is 7. The second-order valence-electron chi connectivity index (χ2n) is 5.93. The number of anilines is 2. The van der Waals surface area contributed by atoms with Crippen molar-refractivity contribution < 1.29 is 23.5 Å². The molecule has 28 heavy (non-hydrogen) atoms. The molecule has 7 nitrogen and oxygen atoms in total. The summed E-state index contributed by atoms with van der Waals surface area (Å²) in [4.78, 5) is 36.9. The third-order valence-electron chi connectivity index (χ3n) is 3.94. The number of esters is 1. The van der Waals surface area contributed by atoms with Crippen molar-refractivity contribution in [1.82, 2.24) is 5.32 Å². The van der Waals surface area contributed by atoms with Gasteiger partial charge in [0.25, 0.3) is 5.91 Å². The molecule has 2 aromatic rings. The molecule has 0 aliphatic heterocycles. The van der Waals surface area contributed by atoms with Crippen LogP contribution >= 0.6 is 11.3 Å². The number of ether oxygens (including phenoxy) is 1. The Morgan fingerprint density at radius 2 is 1.93 bits per heavy atom. The Bertz CT molecular complexity index is 911. The number of carbonyl (C=O) groups is 3. The van der Waals surface area contributed by atoms with Crippen LogP contribution in [0.25, 0.3) is 0 Å². The zero-order valence-electron chi connectivity index (χ0n) is 16.1. The third-order valence-corrected chi connectivity index (χ3v) is 5.14. The molecule has 9 heteroatoms. The highest BCUT2D eigenvalue weighted by Gasteiger charge is 2.26. The average molecular weight is 407 g/mol. The Balaban J connectivity index is 2.18. The molecule has 0 aliphatic rings. The molecule has 2 amide bonds. The second kappa shape index (κ2) is 9.32. The van der Waals surface area contributed by atoms with Gasteiger partial charge in [0.2, 0.25) is 5.91 Å². The molecule has 1 heterocycles. The van der Waals surface area contributed by atoms with Gasteiger partial charge in [-0.25, -0.2) is 9.18 Å². The highest BCUT2D eigenvalue weighted by Crippen LogP contribution is 2.33. The number of carbonyl (C=O) groups excluding carboxylic acids is 3. The van der Waals surface area contributed by atoms with Gasteiger partial charge in [0, 0.05) is 12.7 Å². The maximum atomic E-state index is 13.6. The second-order valence-corrected chi connectivity index (χ2v) is 6.95. The van der Waals surface area contributed by atoms with Crippen molar-refractivity contribution in [3.8, 4) is 0 Å². The van der Waals surface area contributed by atoms with Gasteiger partial charge < -0.3 is 20.7 Å². The Labute approximate surface area is 166 Å². The Hall–Kier alpha value is -2.94. The number of hydrogen-bond acceptors (Lipinski definition) is 6. The quantitative estimate of drug-likeness (QED) is 0.613. The van der Waals surface area contributed by atoms with Crippen molar-refractivity contribution in [2.45, 2.75) is 20.8 Å². The lowest BCUT2D eigenvalue weighted by Gasteiger charge is -2.09. The Morgan fingerprint density at radius 3 is 2.54 bits per heavy atom. The fraction of sp³-hybridized carbons (Fsp3) is 0.316. The molecule has 0 spiro atoms. The van der Waals surface area contributed by atoms with Crippen LogP contribution in [-0.4, -0.2) is 38.0 Å². The summed E-state index contributed by atoms with van der Waals surface area (Å²) < 4.78 is 18.6. The van der Waals surface area contributed by atoms with Crippen LogP contribution in [0.15, 0.2) is 18.2 Å². The standard InChI is InChI=1S/C19H22FN3O4S/c1-5-27-19(26)15-11(3)16(17(25)21-4)28-18(15)23-14(24)9-22-12-7-6-10(2)13(20)8-12/h6-8,22H,5,9H2,1-4H3,(H,21,25)(H,23,24). The van der Waals surface area contributed by atoms with Crippen molar-refractivity contribution in [1.29, 1.82) is 0 Å². The van der Waals surface area contributed by atoms with Crippen LogP contribution < -0.4 is 16.0 Å². The SMILES string of the molecule is CCOC(=O)c1c(NC(=O)CNc2ccc(C)c(F)c2)sc(C(=O)NC)c1C. The molecular formula is C19H22FN3O4S. The molecule has 2 rings (SSSR count). The van der Waals surface area contributed by atoms with Gasteiger partial charge in [0.15, 0.2) is 0 Å². The minimum absolute atomic E-state index is 0.142. The smallest absolute Gasteiger partial charge is 0.341 e. The van der Waals surface area contributed by atoms with E-state index < -0.39 is 11.9 Å². The highest BCUT2D eigenvalue weighted by atomic mass is 32.1. The van der Waals surface area contributed by atoms with Crippen LogP contribution in [-0.2, 0) is 9.53 Å². The molecule has 0 saturated heterocycles. The van der Waals surface area contributed by atoms with Crippen LogP contribution in [0.1, 0.15) is 38.1 Å². The van der Waals surface area contributed by atoms with E-state index in [0.29, 0.717) is 21.7 Å². The van der Waals surface area contributed by atoms with Crippen LogP contribution in [0.5, 0.6) is 0 Å². The summed E-state index contributed by atoms with van der Waals surface area (Å²) in [5.74, 6) is -1.80. The lowest BCUT2D eigenvalue weighted by atomic mass is 10.1. The molecule has 0 unspecified atom stereocenters. The highest BCUT2D eigenvalue weighted by molar-refractivity contribution is 7.18. The Morgan fingerprint density at radius 1 is 1.21 bits per heavy atom. The number of benzene rings is 1. The van der Waals surface area contributed by atoms with Gasteiger partial charge in [-0.1, -0.05) is 6.07 Å². The summed E-state index contributed by atoms with van der Waals surface area (Å²) in [6, 6.07) is 4.56. The number of thiophene rings is 1. The fourth-order valence-electron chi connectivity index (χ4n) is 2.44. The largest absolute Gasteiger partial charge is 0.462 e. The van der Waals surface area contributed by atoms with Gasteiger partial charge in [-0.3, -0.25) is 9.59 Å². The van der Waals surface area contributed by atoms with Crippen molar-refractivity contribution in [3.63, 3.8) is 0 Å². The first-order chi connectivity index (χ1) is 13.3. The first-order valence-electron chi connectivity index (χ1n) is 8.60. The minimum atomic E-state index is -0.615. The maximum absolute atomic E-state index is 13.6. The van der Waals surface area contributed by atoms with Crippen molar-refractivity contribution >= 4 is 39.8 Å². The van der Waals surface area contributed by atoms with Gasteiger partial charge in [0.05, 0.1) is 23.6 Å².